The quantitative estimate of drug-likeness (QED) is 0.710. The van der Waals surface area contributed by atoms with Crippen LogP contribution in [0.2, 0.25) is 0 Å². The second-order valence-electron chi connectivity index (χ2n) is 4.23. The molecule has 1 N–H and O–H groups in total. The summed E-state index contributed by atoms with van der Waals surface area (Å²) in [5, 5.41) is 8.65. The van der Waals surface area contributed by atoms with E-state index in [0.717, 1.165) is 25.7 Å². The predicted octanol–water partition coefficient (Wildman–Crippen LogP) is 2.02. The zero-order valence-electron chi connectivity index (χ0n) is 11.1. The van der Waals surface area contributed by atoms with Gasteiger partial charge in [-0.1, -0.05) is 26.7 Å². The van der Waals surface area contributed by atoms with Gasteiger partial charge in [-0.05, 0) is 12.8 Å². The third kappa shape index (κ3) is 6.81. The van der Waals surface area contributed by atoms with Gasteiger partial charge in [0.25, 0.3) is 0 Å². The number of carboxylic acid groups (broad SMARTS) is 1. The maximum absolute atomic E-state index is 12.0. The highest BCUT2D eigenvalue weighted by atomic mass is 16.4. The number of urea groups is 1. The van der Waals surface area contributed by atoms with Crippen molar-refractivity contribution in [3.05, 3.63) is 0 Å². The molecule has 0 aliphatic rings. The van der Waals surface area contributed by atoms with E-state index in [0.29, 0.717) is 13.1 Å². The maximum Gasteiger partial charge on any atom is 0.323 e. The van der Waals surface area contributed by atoms with Crippen molar-refractivity contribution in [3.8, 4) is 0 Å². The van der Waals surface area contributed by atoms with Crippen molar-refractivity contribution in [2.45, 2.75) is 39.5 Å². The largest absolute Gasteiger partial charge is 0.480 e. The van der Waals surface area contributed by atoms with E-state index in [-0.39, 0.29) is 12.6 Å². The molecule has 0 saturated heterocycles. The van der Waals surface area contributed by atoms with Gasteiger partial charge in [0.15, 0.2) is 0 Å². The van der Waals surface area contributed by atoms with Crippen LogP contribution in [0.3, 0.4) is 0 Å². The number of carbonyl (C=O) groups excluding carboxylic acids is 1. The molecule has 0 radical (unpaired) electrons. The minimum absolute atomic E-state index is 0.186. The molecule has 100 valence electrons. The lowest BCUT2D eigenvalue weighted by Gasteiger charge is -2.27. The summed E-state index contributed by atoms with van der Waals surface area (Å²) < 4.78 is 0. The van der Waals surface area contributed by atoms with Gasteiger partial charge in [-0.15, -0.1) is 0 Å². The zero-order chi connectivity index (χ0) is 13.3. The van der Waals surface area contributed by atoms with Crippen LogP contribution < -0.4 is 0 Å². The highest BCUT2D eigenvalue weighted by Crippen LogP contribution is 2.03. The van der Waals surface area contributed by atoms with Crippen LogP contribution in [0, 0.1) is 0 Å². The summed E-state index contributed by atoms with van der Waals surface area (Å²) in [6.07, 6.45) is 3.96. The first kappa shape index (κ1) is 15.7. The molecule has 0 aliphatic heterocycles. The molecule has 0 aromatic heterocycles. The number of likely N-dealkylation sites (N-methyl/N-ethyl adjacent to an activating group) is 1. The fourth-order valence-electron chi connectivity index (χ4n) is 1.51. The van der Waals surface area contributed by atoms with Crippen molar-refractivity contribution in [3.63, 3.8) is 0 Å². The van der Waals surface area contributed by atoms with E-state index < -0.39 is 5.97 Å². The molecule has 2 amide bonds. The number of rotatable bonds is 8. The summed E-state index contributed by atoms with van der Waals surface area (Å²) in [4.78, 5) is 25.5. The third-order valence-electron chi connectivity index (χ3n) is 2.53. The van der Waals surface area contributed by atoms with E-state index in [1.807, 2.05) is 0 Å². The Morgan fingerprint density at radius 2 is 1.53 bits per heavy atom. The molecule has 0 heterocycles. The number of hydrogen-bond acceptors (Lipinski definition) is 2. The summed E-state index contributed by atoms with van der Waals surface area (Å²) >= 11 is 0. The number of carbonyl (C=O) groups is 2. The normalized spacial score (nSPS) is 10.1. The van der Waals surface area contributed by atoms with Crippen molar-refractivity contribution in [2.75, 3.05) is 26.7 Å². The number of amides is 2. The molecular formula is C12H24N2O3. The van der Waals surface area contributed by atoms with Crippen LogP contribution in [-0.2, 0) is 4.79 Å². The summed E-state index contributed by atoms with van der Waals surface area (Å²) in [5.74, 6) is -0.980. The summed E-state index contributed by atoms with van der Waals surface area (Å²) in [6.45, 7) is 5.32. The third-order valence-corrected chi connectivity index (χ3v) is 2.53. The van der Waals surface area contributed by atoms with Crippen LogP contribution in [0.4, 0.5) is 4.79 Å². The number of hydrogen-bond donors (Lipinski definition) is 1. The van der Waals surface area contributed by atoms with Crippen LogP contribution in [0.1, 0.15) is 39.5 Å². The SMILES string of the molecule is CCCCN(CCCC)C(=O)N(C)CC(=O)O. The van der Waals surface area contributed by atoms with Gasteiger partial charge in [-0.25, -0.2) is 4.79 Å². The molecule has 0 rings (SSSR count). The highest BCUT2D eigenvalue weighted by Gasteiger charge is 2.18. The molecule has 0 spiro atoms. The first-order valence-electron chi connectivity index (χ1n) is 6.24. The van der Waals surface area contributed by atoms with Crippen molar-refractivity contribution < 1.29 is 14.7 Å². The van der Waals surface area contributed by atoms with Crippen LogP contribution in [-0.4, -0.2) is 53.6 Å². The maximum atomic E-state index is 12.0. The second kappa shape index (κ2) is 8.84. The van der Waals surface area contributed by atoms with E-state index in [4.69, 9.17) is 5.11 Å². The van der Waals surface area contributed by atoms with Gasteiger partial charge < -0.3 is 14.9 Å². The standard InChI is InChI=1S/C12H24N2O3/c1-4-6-8-14(9-7-5-2)12(17)13(3)10-11(15)16/h4-10H2,1-3H3,(H,15,16). The first-order chi connectivity index (χ1) is 8.02. The van der Waals surface area contributed by atoms with Gasteiger partial charge in [0.2, 0.25) is 0 Å². The Hall–Kier alpha value is -1.26. The average molecular weight is 244 g/mol. The number of unbranched alkanes of at least 4 members (excludes halogenated alkanes) is 2. The molecule has 5 nitrogen and oxygen atoms in total. The topological polar surface area (TPSA) is 60.9 Å². The highest BCUT2D eigenvalue weighted by molar-refractivity contribution is 5.79. The Labute approximate surface area is 103 Å². The molecule has 17 heavy (non-hydrogen) atoms. The Morgan fingerprint density at radius 1 is 1.06 bits per heavy atom. The summed E-state index contributed by atoms with van der Waals surface area (Å²) in [5.41, 5.74) is 0. The Bertz CT molecular complexity index is 236. The molecule has 0 aromatic carbocycles. The molecule has 5 heteroatoms. The molecule has 0 fully saturated rings. The Kier molecular flexibility index (Phi) is 8.19. The minimum atomic E-state index is -0.980. The fourth-order valence-corrected chi connectivity index (χ4v) is 1.51. The van der Waals surface area contributed by atoms with Crippen molar-refractivity contribution in [1.82, 2.24) is 9.80 Å². The first-order valence-corrected chi connectivity index (χ1v) is 6.24. The minimum Gasteiger partial charge on any atom is -0.480 e. The lowest BCUT2D eigenvalue weighted by Crippen LogP contribution is -2.44. The molecule has 0 saturated carbocycles. The van der Waals surface area contributed by atoms with E-state index in [1.165, 1.54) is 11.9 Å². The second-order valence-corrected chi connectivity index (χ2v) is 4.23. The molecule has 0 bridgehead atoms. The molecule has 0 unspecified atom stereocenters. The molecule has 0 aliphatic carbocycles. The summed E-state index contributed by atoms with van der Waals surface area (Å²) in [7, 11) is 1.53. The number of nitrogens with zero attached hydrogens (tertiary/aromatic N) is 2. The van der Waals surface area contributed by atoms with Gasteiger partial charge in [-0.3, -0.25) is 4.79 Å². The number of aliphatic carboxylic acids is 1. The van der Waals surface area contributed by atoms with Gasteiger partial charge in [0, 0.05) is 20.1 Å². The molecular weight excluding hydrogens is 220 g/mol. The van der Waals surface area contributed by atoms with Gasteiger partial charge in [0.1, 0.15) is 6.54 Å². The Morgan fingerprint density at radius 3 is 1.88 bits per heavy atom. The van der Waals surface area contributed by atoms with Crippen LogP contribution >= 0.6 is 0 Å². The van der Waals surface area contributed by atoms with Crippen LogP contribution in [0.5, 0.6) is 0 Å². The smallest absolute Gasteiger partial charge is 0.323 e. The van der Waals surface area contributed by atoms with Gasteiger partial charge in [0.05, 0.1) is 0 Å². The van der Waals surface area contributed by atoms with E-state index in [9.17, 15) is 9.59 Å². The van der Waals surface area contributed by atoms with E-state index in [1.54, 1.807) is 4.90 Å². The molecule has 0 atom stereocenters. The van der Waals surface area contributed by atoms with Crippen molar-refractivity contribution in [2.24, 2.45) is 0 Å². The predicted molar refractivity (Wildman–Crippen MR) is 67.1 cm³/mol. The lowest BCUT2D eigenvalue weighted by atomic mass is 10.3. The van der Waals surface area contributed by atoms with E-state index >= 15 is 0 Å². The fraction of sp³-hybridized carbons (Fsp3) is 0.833. The average Bonchev–Trinajstić information content (AvgIpc) is 2.27. The lowest BCUT2D eigenvalue weighted by molar-refractivity contribution is -0.137. The van der Waals surface area contributed by atoms with E-state index in [2.05, 4.69) is 13.8 Å². The molecule has 0 aromatic rings. The van der Waals surface area contributed by atoms with Crippen molar-refractivity contribution >= 4 is 12.0 Å². The Balaban J connectivity index is 4.32. The van der Waals surface area contributed by atoms with Gasteiger partial charge in [-0.2, -0.15) is 0 Å². The van der Waals surface area contributed by atoms with Crippen LogP contribution in [0.25, 0.3) is 0 Å². The summed E-state index contributed by atoms with van der Waals surface area (Å²) in [6, 6.07) is -0.186. The van der Waals surface area contributed by atoms with Crippen LogP contribution in [0.15, 0.2) is 0 Å². The zero-order valence-corrected chi connectivity index (χ0v) is 11.1. The number of carboxylic acids is 1. The van der Waals surface area contributed by atoms with Gasteiger partial charge >= 0.3 is 12.0 Å². The van der Waals surface area contributed by atoms with Crippen molar-refractivity contribution in [1.29, 1.82) is 0 Å². The monoisotopic (exact) mass is 244 g/mol.